The van der Waals surface area contributed by atoms with Crippen molar-refractivity contribution in [2.24, 2.45) is 0 Å². The standard InChI is InChI=1S/C17H21N5O/c1-20(13-17(23)14-21-10-5-9-18-21)12-15-8-11-22(19-15)16-6-3-2-4-7-16/h2-11,17,23H,12-14H2,1H3/t17-/m0/s1. The lowest BCUT2D eigenvalue weighted by Gasteiger charge is -2.19. The summed E-state index contributed by atoms with van der Waals surface area (Å²) >= 11 is 0. The van der Waals surface area contributed by atoms with E-state index in [1.807, 2.05) is 66.6 Å². The van der Waals surface area contributed by atoms with Gasteiger partial charge in [-0.3, -0.25) is 9.58 Å². The lowest BCUT2D eigenvalue weighted by Crippen LogP contribution is -2.32. The summed E-state index contributed by atoms with van der Waals surface area (Å²) in [7, 11) is 1.98. The van der Waals surface area contributed by atoms with E-state index < -0.39 is 6.10 Å². The first kappa shape index (κ1) is 15.5. The van der Waals surface area contributed by atoms with Crippen LogP contribution in [0.5, 0.6) is 0 Å². The summed E-state index contributed by atoms with van der Waals surface area (Å²) in [6.07, 6.45) is 5.06. The molecular formula is C17H21N5O. The van der Waals surface area contributed by atoms with Gasteiger partial charge in [0.2, 0.25) is 0 Å². The van der Waals surface area contributed by atoms with Gasteiger partial charge >= 0.3 is 0 Å². The van der Waals surface area contributed by atoms with E-state index in [-0.39, 0.29) is 0 Å². The van der Waals surface area contributed by atoms with Crippen molar-refractivity contribution < 1.29 is 5.11 Å². The summed E-state index contributed by atoms with van der Waals surface area (Å²) in [6, 6.07) is 13.9. The number of rotatable bonds is 7. The zero-order chi connectivity index (χ0) is 16.1. The highest BCUT2D eigenvalue weighted by Gasteiger charge is 2.11. The van der Waals surface area contributed by atoms with Gasteiger partial charge in [0, 0.05) is 31.7 Å². The van der Waals surface area contributed by atoms with Gasteiger partial charge < -0.3 is 5.11 Å². The maximum atomic E-state index is 10.1. The lowest BCUT2D eigenvalue weighted by molar-refractivity contribution is 0.103. The van der Waals surface area contributed by atoms with Crippen molar-refractivity contribution in [1.82, 2.24) is 24.5 Å². The zero-order valence-corrected chi connectivity index (χ0v) is 13.2. The Balaban J connectivity index is 1.54. The highest BCUT2D eigenvalue weighted by Crippen LogP contribution is 2.08. The highest BCUT2D eigenvalue weighted by atomic mass is 16.3. The molecule has 0 fully saturated rings. The van der Waals surface area contributed by atoms with Crippen LogP contribution in [0.25, 0.3) is 5.69 Å². The molecule has 1 atom stereocenters. The molecule has 120 valence electrons. The van der Waals surface area contributed by atoms with Gasteiger partial charge in [-0.15, -0.1) is 0 Å². The van der Waals surface area contributed by atoms with E-state index in [4.69, 9.17) is 0 Å². The molecule has 23 heavy (non-hydrogen) atoms. The maximum Gasteiger partial charge on any atom is 0.0862 e. The van der Waals surface area contributed by atoms with E-state index in [0.717, 1.165) is 11.4 Å². The van der Waals surface area contributed by atoms with Crippen LogP contribution < -0.4 is 0 Å². The van der Waals surface area contributed by atoms with Gasteiger partial charge in [0.25, 0.3) is 0 Å². The first-order valence-electron chi connectivity index (χ1n) is 7.65. The predicted octanol–water partition coefficient (Wildman–Crippen LogP) is 1.56. The molecule has 0 radical (unpaired) electrons. The molecule has 0 aliphatic carbocycles. The van der Waals surface area contributed by atoms with E-state index in [2.05, 4.69) is 15.1 Å². The first-order chi connectivity index (χ1) is 11.2. The highest BCUT2D eigenvalue weighted by molar-refractivity contribution is 5.30. The molecule has 6 nitrogen and oxygen atoms in total. The first-order valence-corrected chi connectivity index (χ1v) is 7.65. The number of hydrogen-bond acceptors (Lipinski definition) is 4. The Bertz CT molecular complexity index is 708. The Labute approximate surface area is 135 Å². The van der Waals surface area contributed by atoms with Crippen LogP contribution in [0.15, 0.2) is 61.1 Å². The van der Waals surface area contributed by atoms with Crippen molar-refractivity contribution >= 4 is 0 Å². The van der Waals surface area contributed by atoms with Crippen LogP contribution in [0.2, 0.25) is 0 Å². The fourth-order valence-corrected chi connectivity index (χ4v) is 2.55. The molecule has 0 saturated heterocycles. The molecule has 0 amide bonds. The van der Waals surface area contributed by atoms with Gasteiger partial charge in [0.1, 0.15) is 0 Å². The van der Waals surface area contributed by atoms with E-state index in [1.54, 1.807) is 10.9 Å². The smallest absolute Gasteiger partial charge is 0.0862 e. The number of nitrogens with zero attached hydrogens (tertiary/aromatic N) is 5. The normalized spacial score (nSPS) is 12.7. The summed E-state index contributed by atoms with van der Waals surface area (Å²) in [4.78, 5) is 2.06. The Morgan fingerprint density at radius 1 is 1.13 bits per heavy atom. The Morgan fingerprint density at radius 2 is 1.96 bits per heavy atom. The molecule has 0 bridgehead atoms. The fourth-order valence-electron chi connectivity index (χ4n) is 2.55. The average molecular weight is 311 g/mol. The summed E-state index contributed by atoms with van der Waals surface area (Å²) in [5, 5.41) is 18.8. The van der Waals surface area contributed by atoms with Crippen LogP contribution in [0.1, 0.15) is 5.69 Å². The summed E-state index contributed by atoms with van der Waals surface area (Å²) < 4.78 is 3.60. The van der Waals surface area contributed by atoms with Crippen molar-refractivity contribution in [2.75, 3.05) is 13.6 Å². The third-order valence-electron chi connectivity index (χ3n) is 3.58. The topological polar surface area (TPSA) is 59.1 Å². The molecular weight excluding hydrogens is 290 g/mol. The minimum Gasteiger partial charge on any atom is -0.390 e. The number of hydrogen-bond donors (Lipinski definition) is 1. The van der Waals surface area contributed by atoms with Crippen molar-refractivity contribution in [1.29, 1.82) is 0 Å². The van der Waals surface area contributed by atoms with Crippen LogP contribution >= 0.6 is 0 Å². The zero-order valence-electron chi connectivity index (χ0n) is 13.2. The van der Waals surface area contributed by atoms with Gasteiger partial charge in [0.05, 0.1) is 24.0 Å². The molecule has 3 rings (SSSR count). The van der Waals surface area contributed by atoms with Crippen LogP contribution in [0.3, 0.4) is 0 Å². The van der Waals surface area contributed by atoms with Gasteiger partial charge in [-0.2, -0.15) is 10.2 Å². The molecule has 0 aliphatic rings. The average Bonchev–Trinajstić information content (AvgIpc) is 3.20. The molecule has 2 aromatic heterocycles. The van der Waals surface area contributed by atoms with Crippen molar-refractivity contribution in [3.63, 3.8) is 0 Å². The van der Waals surface area contributed by atoms with Crippen molar-refractivity contribution in [3.8, 4) is 5.69 Å². The summed E-state index contributed by atoms with van der Waals surface area (Å²) in [5.74, 6) is 0. The molecule has 2 heterocycles. The van der Waals surface area contributed by atoms with Gasteiger partial charge in [-0.25, -0.2) is 4.68 Å². The van der Waals surface area contributed by atoms with Gasteiger partial charge in [0.15, 0.2) is 0 Å². The number of benzene rings is 1. The number of aromatic nitrogens is 4. The number of likely N-dealkylation sites (N-methyl/N-ethyl adjacent to an activating group) is 1. The van der Waals surface area contributed by atoms with Crippen molar-refractivity contribution in [3.05, 3.63) is 66.7 Å². The Kier molecular flexibility index (Phi) is 4.85. The Morgan fingerprint density at radius 3 is 2.70 bits per heavy atom. The summed E-state index contributed by atoms with van der Waals surface area (Å²) in [5.41, 5.74) is 2.02. The van der Waals surface area contributed by atoms with E-state index in [1.165, 1.54) is 0 Å². The third-order valence-corrected chi connectivity index (χ3v) is 3.58. The van der Waals surface area contributed by atoms with Crippen LogP contribution in [-0.4, -0.2) is 49.3 Å². The number of aliphatic hydroxyl groups is 1. The largest absolute Gasteiger partial charge is 0.390 e. The second-order valence-electron chi connectivity index (χ2n) is 5.67. The number of aliphatic hydroxyl groups excluding tert-OH is 1. The van der Waals surface area contributed by atoms with E-state index in [9.17, 15) is 5.11 Å². The third kappa shape index (κ3) is 4.28. The van der Waals surface area contributed by atoms with Crippen LogP contribution in [0.4, 0.5) is 0 Å². The Hall–Kier alpha value is -2.44. The molecule has 0 unspecified atom stereocenters. The quantitative estimate of drug-likeness (QED) is 0.719. The van der Waals surface area contributed by atoms with Crippen molar-refractivity contribution in [2.45, 2.75) is 19.2 Å². The molecule has 0 saturated carbocycles. The molecule has 3 aromatic rings. The van der Waals surface area contributed by atoms with Gasteiger partial charge in [-0.05, 0) is 31.3 Å². The minimum absolute atomic E-state index is 0.462. The van der Waals surface area contributed by atoms with Crippen LogP contribution in [-0.2, 0) is 13.1 Å². The van der Waals surface area contributed by atoms with Crippen LogP contribution in [0, 0.1) is 0 Å². The van der Waals surface area contributed by atoms with E-state index >= 15 is 0 Å². The second kappa shape index (κ2) is 7.21. The summed E-state index contributed by atoms with van der Waals surface area (Å²) in [6.45, 7) is 1.75. The maximum absolute atomic E-state index is 10.1. The van der Waals surface area contributed by atoms with Gasteiger partial charge in [-0.1, -0.05) is 18.2 Å². The molecule has 1 N–H and O–H groups in total. The molecule has 0 spiro atoms. The molecule has 6 heteroatoms. The number of para-hydroxylation sites is 1. The SMILES string of the molecule is CN(Cc1ccn(-c2ccccc2)n1)C[C@H](O)Cn1cccn1. The fraction of sp³-hybridized carbons (Fsp3) is 0.294. The lowest BCUT2D eigenvalue weighted by atomic mass is 10.3. The molecule has 1 aromatic carbocycles. The molecule has 0 aliphatic heterocycles. The monoisotopic (exact) mass is 311 g/mol. The predicted molar refractivity (Wildman–Crippen MR) is 88.1 cm³/mol. The second-order valence-corrected chi connectivity index (χ2v) is 5.67. The minimum atomic E-state index is -0.462. The van der Waals surface area contributed by atoms with E-state index in [0.29, 0.717) is 19.6 Å².